The predicted octanol–water partition coefficient (Wildman–Crippen LogP) is 3.33. The number of nitrogens with one attached hydrogen (secondary N) is 1. The molecule has 4 aromatic rings. The summed E-state index contributed by atoms with van der Waals surface area (Å²) in [5.74, 6) is -0.261. The van der Waals surface area contributed by atoms with E-state index in [9.17, 15) is 4.79 Å². The molecule has 1 amide bonds. The molecule has 0 saturated heterocycles. The Kier molecular flexibility index (Phi) is 4.90. The van der Waals surface area contributed by atoms with Crippen LogP contribution in [-0.4, -0.2) is 31.5 Å². The number of para-hydroxylation sites is 3. The highest BCUT2D eigenvalue weighted by atomic mass is 35.5. The number of aryl methyl sites for hydroxylation is 1. The molecule has 140 valence electrons. The zero-order valence-corrected chi connectivity index (χ0v) is 15.8. The van der Waals surface area contributed by atoms with Crippen LogP contribution in [0.1, 0.15) is 11.3 Å². The Labute approximate surface area is 166 Å². The second-order valence-electron chi connectivity index (χ2n) is 6.19. The van der Waals surface area contributed by atoms with Crippen molar-refractivity contribution in [2.75, 3.05) is 0 Å². The molecule has 0 spiro atoms. The maximum absolute atomic E-state index is 12.2. The quantitative estimate of drug-likeness (QED) is 0.418. The van der Waals surface area contributed by atoms with Gasteiger partial charge in [0.05, 0.1) is 40.5 Å². The molecule has 0 atom stereocenters. The van der Waals surface area contributed by atoms with Gasteiger partial charge in [-0.1, -0.05) is 41.9 Å². The summed E-state index contributed by atoms with van der Waals surface area (Å²) in [6.07, 6.45) is 3.15. The lowest BCUT2D eigenvalue weighted by molar-refractivity contribution is -0.121. The average molecular weight is 393 g/mol. The van der Waals surface area contributed by atoms with Crippen molar-refractivity contribution in [3.63, 3.8) is 0 Å². The minimum absolute atomic E-state index is 0.119. The van der Waals surface area contributed by atoms with Crippen LogP contribution >= 0.6 is 11.6 Å². The largest absolute Gasteiger partial charge is 0.321 e. The Hall–Kier alpha value is -3.45. The van der Waals surface area contributed by atoms with Crippen LogP contribution in [0.25, 0.3) is 16.7 Å². The van der Waals surface area contributed by atoms with Crippen molar-refractivity contribution < 1.29 is 4.79 Å². The van der Waals surface area contributed by atoms with Crippen LogP contribution < -0.4 is 5.43 Å². The van der Waals surface area contributed by atoms with Crippen molar-refractivity contribution in [1.82, 2.24) is 24.8 Å². The third-order valence-electron chi connectivity index (χ3n) is 4.27. The van der Waals surface area contributed by atoms with Gasteiger partial charge in [-0.3, -0.25) is 4.79 Å². The topological polar surface area (TPSA) is 77.1 Å². The van der Waals surface area contributed by atoms with Crippen molar-refractivity contribution in [2.24, 2.45) is 5.10 Å². The average Bonchev–Trinajstić information content (AvgIpc) is 3.24. The van der Waals surface area contributed by atoms with Crippen molar-refractivity contribution >= 4 is 34.8 Å². The number of hydrazone groups is 1. The fourth-order valence-corrected chi connectivity index (χ4v) is 3.21. The molecule has 0 aliphatic rings. The van der Waals surface area contributed by atoms with Crippen LogP contribution in [0.5, 0.6) is 0 Å². The number of fused-ring (bicyclic) bond motifs is 1. The number of carbonyl (C=O) groups is 1. The molecule has 0 saturated carbocycles. The van der Waals surface area contributed by atoms with E-state index in [2.05, 4.69) is 20.6 Å². The van der Waals surface area contributed by atoms with Gasteiger partial charge in [-0.2, -0.15) is 10.2 Å². The summed E-state index contributed by atoms with van der Waals surface area (Å²) in [4.78, 5) is 16.5. The molecule has 8 heteroatoms. The summed E-state index contributed by atoms with van der Waals surface area (Å²) < 4.78 is 3.41. The smallest absolute Gasteiger partial charge is 0.260 e. The number of hydrogen-bond donors (Lipinski definition) is 1. The standard InChI is InChI=1S/C20H17ClN6O/c1-14-16(20(21)27(25-14)15-7-3-2-4-8-15)11-23-24-19(28)12-26-13-22-17-9-5-6-10-18(17)26/h2-11,13H,12H2,1H3,(H,24,28)/b23-11-. The number of carbonyl (C=O) groups excluding carboxylic acids is 1. The van der Waals surface area contributed by atoms with Crippen molar-refractivity contribution in [3.05, 3.63) is 77.3 Å². The second kappa shape index (κ2) is 7.66. The summed E-state index contributed by atoms with van der Waals surface area (Å²) >= 11 is 6.44. The Morgan fingerprint density at radius 2 is 1.93 bits per heavy atom. The van der Waals surface area contributed by atoms with Crippen molar-refractivity contribution in [2.45, 2.75) is 13.5 Å². The number of halogens is 1. The molecule has 1 N–H and O–H groups in total. The molecule has 0 aliphatic carbocycles. The summed E-state index contributed by atoms with van der Waals surface area (Å²) in [7, 11) is 0. The van der Waals surface area contributed by atoms with Gasteiger partial charge in [0, 0.05) is 0 Å². The normalized spacial score (nSPS) is 11.4. The molecule has 2 aromatic carbocycles. The van der Waals surface area contributed by atoms with Crippen LogP contribution in [0, 0.1) is 6.92 Å². The van der Waals surface area contributed by atoms with E-state index < -0.39 is 0 Å². The Bertz CT molecular complexity index is 1160. The predicted molar refractivity (Wildman–Crippen MR) is 109 cm³/mol. The van der Waals surface area contributed by atoms with Gasteiger partial charge in [0.25, 0.3) is 5.91 Å². The first-order chi connectivity index (χ1) is 13.6. The highest BCUT2D eigenvalue weighted by Gasteiger charge is 2.13. The zero-order valence-electron chi connectivity index (χ0n) is 15.1. The van der Waals surface area contributed by atoms with Gasteiger partial charge in [-0.25, -0.2) is 15.1 Å². The molecular formula is C20H17ClN6O. The fourth-order valence-electron chi connectivity index (χ4n) is 2.89. The number of imidazole rings is 1. The van der Waals surface area contributed by atoms with Crippen LogP contribution in [0.4, 0.5) is 0 Å². The SMILES string of the molecule is Cc1nn(-c2ccccc2)c(Cl)c1/C=N\NC(=O)Cn1cnc2ccccc21. The number of aromatic nitrogens is 4. The van der Waals surface area contributed by atoms with E-state index >= 15 is 0 Å². The van der Waals surface area contributed by atoms with Crippen LogP contribution in [0.3, 0.4) is 0 Å². The second-order valence-corrected chi connectivity index (χ2v) is 6.55. The maximum Gasteiger partial charge on any atom is 0.260 e. The molecular weight excluding hydrogens is 376 g/mol. The lowest BCUT2D eigenvalue weighted by Crippen LogP contribution is -2.22. The Morgan fingerprint density at radius 3 is 2.75 bits per heavy atom. The highest BCUT2D eigenvalue weighted by Crippen LogP contribution is 2.21. The molecule has 0 fully saturated rings. The number of nitrogens with zero attached hydrogens (tertiary/aromatic N) is 5. The summed E-state index contributed by atoms with van der Waals surface area (Å²) in [6, 6.07) is 17.2. The number of benzene rings is 2. The number of rotatable bonds is 5. The number of amides is 1. The van der Waals surface area contributed by atoms with Gasteiger partial charge in [0.2, 0.25) is 0 Å². The van der Waals surface area contributed by atoms with E-state index in [-0.39, 0.29) is 12.5 Å². The van der Waals surface area contributed by atoms with Gasteiger partial charge in [0.1, 0.15) is 11.7 Å². The number of hydrogen-bond acceptors (Lipinski definition) is 4. The van der Waals surface area contributed by atoms with E-state index in [1.54, 1.807) is 15.6 Å². The van der Waals surface area contributed by atoms with Gasteiger partial charge in [0.15, 0.2) is 0 Å². The molecule has 0 unspecified atom stereocenters. The van der Waals surface area contributed by atoms with E-state index in [4.69, 9.17) is 11.6 Å². The molecule has 0 aliphatic heterocycles. The minimum Gasteiger partial charge on any atom is -0.321 e. The molecule has 7 nitrogen and oxygen atoms in total. The first kappa shape index (κ1) is 17.9. The van der Waals surface area contributed by atoms with E-state index in [1.807, 2.05) is 61.5 Å². The molecule has 2 aromatic heterocycles. The van der Waals surface area contributed by atoms with Crippen LogP contribution in [-0.2, 0) is 11.3 Å². The van der Waals surface area contributed by atoms with E-state index in [0.717, 1.165) is 16.7 Å². The molecule has 0 bridgehead atoms. The fraction of sp³-hybridized carbons (Fsp3) is 0.100. The minimum atomic E-state index is -0.261. The highest BCUT2D eigenvalue weighted by molar-refractivity contribution is 6.32. The maximum atomic E-state index is 12.2. The van der Waals surface area contributed by atoms with Gasteiger partial charge in [-0.15, -0.1) is 0 Å². The van der Waals surface area contributed by atoms with Gasteiger partial charge >= 0.3 is 0 Å². The first-order valence-corrected chi connectivity index (χ1v) is 9.03. The molecule has 0 radical (unpaired) electrons. The van der Waals surface area contributed by atoms with Crippen molar-refractivity contribution in [1.29, 1.82) is 0 Å². The van der Waals surface area contributed by atoms with Gasteiger partial charge < -0.3 is 4.57 Å². The van der Waals surface area contributed by atoms with Crippen LogP contribution in [0.2, 0.25) is 5.15 Å². The third-order valence-corrected chi connectivity index (χ3v) is 4.64. The Balaban J connectivity index is 1.46. The van der Waals surface area contributed by atoms with E-state index in [0.29, 0.717) is 16.4 Å². The monoisotopic (exact) mass is 392 g/mol. The summed E-state index contributed by atoms with van der Waals surface area (Å²) in [6.45, 7) is 1.96. The zero-order chi connectivity index (χ0) is 19.5. The van der Waals surface area contributed by atoms with Crippen LogP contribution in [0.15, 0.2) is 66.0 Å². The molecule has 28 heavy (non-hydrogen) atoms. The van der Waals surface area contributed by atoms with Gasteiger partial charge in [-0.05, 0) is 31.2 Å². The lowest BCUT2D eigenvalue weighted by atomic mass is 10.3. The summed E-state index contributed by atoms with van der Waals surface area (Å²) in [5, 5.41) is 8.91. The third kappa shape index (κ3) is 3.52. The Morgan fingerprint density at radius 1 is 1.18 bits per heavy atom. The molecule has 4 rings (SSSR count). The lowest BCUT2D eigenvalue weighted by Gasteiger charge is -2.03. The van der Waals surface area contributed by atoms with E-state index in [1.165, 1.54) is 6.21 Å². The van der Waals surface area contributed by atoms with Crippen molar-refractivity contribution in [3.8, 4) is 5.69 Å². The molecule has 2 heterocycles. The summed E-state index contributed by atoms with van der Waals surface area (Å²) in [5.41, 5.74) is 6.48. The first-order valence-electron chi connectivity index (χ1n) is 8.66.